The van der Waals surface area contributed by atoms with Crippen LogP contribution in [-0.4, -0.2) is 37.9 Å². The number of H-pyrrole nitrogens is 1. The Kier molecular flexibility index (Phi) is 6.51. The van der Waals surface area contributed by atoms with Gasteiger partial charge in [-0.1, -0.05) is 12.1 Å². The smallest absolute Gasteiger partial charge is 0.175 e. The molecule has 1 saturated heterocycles. The van der Waals surface area contributed by atoms with Gasteiger partial charge in [-0.15, -0.1) is 12.4 Å². The molecule has 0 radical (unpaired) electrons. The molecule has 0 amide bonds. The van der Waals surface area contributed by atoms with E-state index in [-0.39, 0.29) is 18.3 Å². The summed E-state index contributed by atoms with van der Waals surface area (Å²) >= 11 is 0. The summed E-state index contributed by atoms with van der Waals surface area (Å²) in [6.07, 6.45) is 5.95. The molecular weight excluding hydrogens is 410 g/mol. The minimum atomic E-state index is -3.21. The molecule has 6 nitrogen and oxygen atoms in total. The first kappa shape index (κ1) is 21.6. The van der Waals surface area contributed by atoms with Crippen LogP contribution in [0.4, 0.5) is 5.69 Å². The summed E-state index contributed by atoms with van der Waals surface area (Å²) in [7, 11) is -3.21. The fourth-order valence-corrected chi connectivity index (χ4v) is 4.58. The van der Waals surface area contributed by atoms with Gasteiger partial charge >= 0.3 is 0 Å². The lowest BCUT2D eigenvalue weighted by Crippen LogP contribution is -2.18. The number of ether oxygens (including phenoxy) is 1. The number of hydrogen-bond acceptors (Lipinski definition) is 5. The number of halogens is 1. The number of benzene rings is 1. The van der Waals surface area contributed by atoms with Gasteiger partial charge in [-0.25, -0.2) is 13.4 Å². The van der Waals surface area contributed by atoms with Gasteiger partial charge in [0, 0.05) is 36.5 Å². The van der Waals surface area contributed by atoms with Crippen molar-refractivity contribution in [1.82, 2.24) is 9.97 Å². The first-order chi connectivity index (χ1) is 13.4. The summed E-state index contributed by atoms with van der Waals surface area (Å²) in [6, 6.07) is 11.3. The summed E-state index contributed by atoms with van der Waals surface area (Å²) in [5.41, 5.74) is 9.50. The largest absolute Gasteiger partial charge is 0.397 e. The Morgan fingerprint density at radius 1 is 1.21 bits per heavy atom. The van der Waals surface area contributed by atoms with Crippen molar-refractivity contribution in [3.05, 3.63) is 53.9 Å². The second-order valence-electron chi connectivity index (χ2n) is 7.62. The van der Waals surface area contributed by atoms with Crippen molar-refractivity contribution in [2.45, 2.75) is 30.1 Å². The van der Waals surface area contributed by atoms with Crippen LogP contribution in [0.3, 0.4) is 0 Å². The summed E-state index contributed by atoms with van der Waals surface area (Å²) in [6.45, 7) is 1.60. The van der Waals surface area contributed by atoms with Gasteiger partial charge in [0.25, 0.3) is 0 Å². The van der Waals surface area contributed by atoms with E-state index < -0.39 is 9.84 Å². The van der Waals surface area contributed by atoms with Crippen LogP contribution in [0.15, 0.2) is 47.5 Å². The minimum absolute atomic E-state index is 0. The van der Waals surface area contributed by atoms with Crippen LogP contribution in [0.25, 0.3) is 11.0 Å². The number of nitrogens with two attached hydrogens (primary N) is 1. The predicted molar refractivity (Wildman–Crippen MR) is 117 cm³/mol. The Bertz CT molecular complexity index is 1070. The van der Waals surface area contributed by atoms with E-state index in [4.69, 9.17) is 10.5 Å². The van der Waals surface area contributed by atoms with Crippen molar-refractivity contribution in [2.75, 3.05) is 25.2 Å². The number of nitrogens with one attached hydrogen (secondary N) is 1. The van der Waals surface area contributed by atoms with E-state index >= 15 is 0 Å². The molecule has 2 aromatic heterocycles. The van der Waals surface area contributed by atoms with E-state index in [0.717, 1.165) is 54.8 Å². The average molecular weight is 436 g/mol. The second-order valence-corrected chi connectivity index (χ2v) is 9.63. The number of rotatable bonds is 5. The maximum atomic E-state index is 11.8. The Balaban J connectivity index is 0.00000240. The van der Waals surface area contributed by atoms with Gasteiger partial charge in [-0.05, 0) is 55.0 Å². The third kappa shape index (κ3) is 4.91. The van der Waals surface area contributed by atoms with Crippen molar-refractivity contribution < 1.29 is 13.2 Å². The van der Waals surface area contributed by atoms with Crippen molar-refractivity contribution in [1.29, 1.82) is 0 Å². The molecule has 3 aromatic rings. The first-order valence-corrected chi connectivity index (χ1v) is 11.4. The SMILES string of the molecule is CS(=O)(=O)c1ccc(C(CC2CCOCC2)c2cc3cc(N)cnc3[nH]2)cc1.Cl. The summed E-state index contributed by atoms with van der Waals surface area (Å²) in [4.78, 5) is 8.17. The fourth-order valence-electron chi connectivity index (χ4n) is 3.95. The molecule has 3 heterocycles. The zero-order chi connectivity index (χ0) is 19.7. The number of hydrogen-bond donors (Lipinski definition) is 2. The van der Waals surface area contributed by atoms with Crippen molar-refractivity contribution in [3.8, 4) is 0 Å². The second kappa shape index (κ2) is 8.73. The van der Waals surface area contributed by atoms with Gasteiger partial charge in [0.05, 0.1) is 16.8 Å². The lowest BCUT2D eigenvalue weighted by molar-refractivity contribution is 0.0626. The maximum Gasteiger partial charge on any atom is 0.175 e. The highest BCUT2D eigenvalue weighted by Gasteiger charge is 2.24. The molecule has 4 rings (SSSR count). The van der Waals surface area contributed by atoms with Gasteiger partial charge in [-0.2, -0.15) is 0 Å². The van der Waals surface area contributed by atoms with Crippen LogP contribution in [0.2, 0.25) is 0 Å². The number of aromatic nitrogens is 2. The predicted octanol–water partition coefficient (Wildman–Crippen LogP) is 3.92. The average Bonchev–Trinajstić information content (AvgIpc) is 3.09. The topological polar surface area (TPSA) is 98.1 Å². The van der Waals surface area contributed by atoms with Gasteiger partial charge in [-0.3, -0.25) is 0 Å². The number of fused-ring (bicyclic) bond motifs is 1. The third-order valence-corrected chi connectivity index (χ3v) is 6.64. The number of sulfone groups is 1. The van der Waals surface area contributed by atoms with Crippen LogP contribution in [-0.2, 0) is 14.6 Å². The van der Waals surface area contributed by atoms with Gasteiger partial charge in [0.2, 0.25) is 0 Å². The van der Waals surface area contributed by atoms with E-state index in [9.17, 15) is 8.42 Å². The quantitative estimate of drug-likeness (QED) is 0.632. The number of nitrogen functional groups attached to an aromatic ring is 1. The van der Waals surface area contributed by atoms with Crippen LogP contribution in [0.1, 0.15) is 36.4 Å². The fraction of sp³-hybridized carbons (Fsp3) is 0.381. The molecule has 1 aliphatic rings. The highest BCUT2D eigenvalue weighted by atomic mass is 35.5. The standard InChI is InChI=1S/C21H25N3O3S.ClH/c1-28(25,26)18-4-2-15(3-5-18)19(10-14-6-8-27-9-7-14)20-12-16-11-17(22)13-23-21(16)24-20;/h2-5,11-14,19H,6-10,22H2,1H3,(H,23,24);1H. The van der Waals surface area contributed by atoms with Crippen LogP contribution < -0.4 is 5.73 Å². The van der Waals surface area contributed by atoms with Gasteiger partial charge in [0.1, 0.15) is 5.65 Å². The molecule has 0 aliphatic carbocycles. The molecule has 1 aliphatic heterocycles. The highest BCUT2D eigenvalue weighted by molar-refractivity contribution is 7.90. The molecule has 1 fully saturated rings. The molecular formula is C21H26ClN3O3S. The van der Waals surface area contributed by atoms with E-state index in [1.165, 1.54) is 6.26 Å². The third-order valence-electron chi connectivity index (χ3n) is 5.51. The lowest BCUT2D eigenvalue weighted by Gasteiger charge is -2.26. The molecule has 156 valence electrons. The number of anilines is 1. The van der Waals surface area contributed by atoms with Crippen molar-refractivity contribution in [3.63, 3.8) is 0 Å². The Morgan fingerprint density at radius 3 is 2.55 bits per heavy atom. The summed E-state index contributed by atoms with van der Waals surface area (Å²) in [5.74, 6) is 0.699. The molecule has 1 unspecified atom stereocenters. The first-order valence-electron chi connectivity index (χ1n) is 9.52. The monoisotopic (exact) mass is 435 g/mol. The summed E-state index contributed by atoms with van der Waals surface area (Å²) < 4.78 is 29.1. The van der Waals surface area contributed by atoms with Crippen molar-refractivity contribution >= 4 is 39.0 Å². The van der Waals surface area contributed by atoms with E-state index in [1.807, 2.05) is 18.2 Å². The van der Waals surface area contributed by atoms with Crippen molar-refractivity contribution in [2.24, 2.45) is 5.92 Å². The van der Waals surface area contributed by atoms with Crippen LogP contribution in [0, 0.1) is 5.92 Å². The molecule has 1 aromatic carbocycles. The van der Waals surface area contributed by atoms with Crippen LogP contribution in [0.5, 0.6) is 0 Å². The molecule has 0 bridgehead atoms. The van der Waals surface area contributed by atoms with Gasteiger partial charge < -0.3 is 15.5 Å². The number of nitrogens with zero attached hydrogens (tertiary/aromatic N) is 1. The van der Waals surface area contributed by atoms with E-state index in [0.29, 0.717) is 16.5 Å². The molecule has 1 atom stereocenters. The number of aromatic amines is 1. The Labute approximate surface area is 177 Å². The van der Waals surface area contributed by atoms with Gasteiger partial charge in [0.15, 0.2) is 9.84 Å². The minimum Gasteiger partial charge on any atom is -0.397 e. The molecule has 0 spiro atoms. The Hall–Kier alpha value is -2.09. The molecule has 0 saturated carbocycles. The lowest BCUT2D eigenvalue weighted by atomic mass is 9.83. The summed E-state index contributed by atoms with van der Waals surface area (Å²) in [5, 5.41) is 0.986. The highest BCUT2D eigenvalue weighted by Crippen LogP contribution is 2.35. The zero-order valence-corrected chi connectivity index (χ0v) is 17.9. The normalized spacial score (nSPS) is 16.4. The van der Waals surface area contributed by atoms with E-state index in [1.54, 1.807) is 18.3 Å². The molecule has 3 N–H and O–H groups in total. The Morgan fingerprint density at radius 2 is 1.90 bits per heavy atom. The van der Waals surface area contributed by atoms with Crippen LogP contribution >= 0.6 is 12.4 Å². The number of pyridine rings is 1. The zero-order valence-electron chi connectivity index (χ0n) is 16.3. The maximum absolute atomic E-state index is 11.8. The molecule has 29 heavy (non-hydrogen) atoms. The molecule has 8 heteroatoms. The van der Waals surface area contributed by atoms with E-state index in [2.05, 4.69) is 16.0 Å².